The maximum absolute atomic E-state index is 11.3. The highest BCUT2D eigenvalue weighted by molar-refractivity contribution is 5.82. The van der Waals surface area contributed by atoms with Crippen LogP contribution < -0.4 is 0 Å². The highest BCUT2D eigenvalue weighted by atomic mass is 16.5. The Kier molecular flexibility index (Phi) is 6.08. The number of carboxylic acid groups (broad SMARTS) is 1. The number of nitrogens with zero attached hydrogens (tertiary/aromatic N) is 1. The smallest absolute Gasteiger partial charge is 0.325 e. The van der Waals surface area contributed by atoms with Crippen LogP contribution in [0.2, 0.25) is 0 Å². The van der Waals surface area contributed by atoms with Crippen molar-refractivity contribution in [3.05, 3.63) is 0 Å². The zero-order valence-corrected chi connectivity index (χ0v) is 8.86. The number of hydrogen-bond donors (Lipinski definition) is 1. The third kappa shape index (κ3) is 6.48. The van der Waals surface area contributed by atoms with Gasteiger partial charge in [-0.15, -0.1) is 0 Å². The first-order valence-electron chi connectivity index (χ1n) is 4.50. The summed E-state index contributed by atoms with van der Waals surface area (Å²) in [6, 6.07) is 0. The summed E-state index contributed by atoms with van der Waals surface area (Å²) in [6.07, 6.45) is 0.358. The molecule has 0 aromatic heterocycles. The van der Waals surface area contributed by atoms with Crippen LogP contribution in [0.25, 0.3) is 0 Å². The van der Waals surface area contributed by atoms with Gasteiger partial charge < -0.3 is 14.7 Å². The van der Waals surface area contributed by atoms with Gasteiger partial charge in [-0.05, 0) is 6.42 Å². The molecule has 0 fully saturated rings. The Hall–Kier alpha value is -1.59. The quantitative estimate of drug-likeness (QED) is 0.627. The summed E-state index contributed by atoms with van der Waals surface area (Å²) in [5.74, 6) is -1.69. The van der Waals surface area contributed by atoms with Crippen LogP contribution in [0, 0.1) is 0 Å². The molecule has 6 heteroatoms. The van der Waals surface area contributed by atoms with E-state index in [-0.39, 0.29) is 31.7 Å². The monoisotopic (exact) mass is 217 g/mol. The van der Waals surface area contributed by atoms with Gasteiger partial charge in [0.15, 0.2) is 0 Å². The van der Waals surface area contributed by atoms with Gasteiger partial charge in [-0.1, -0.05) is 0 Å². The number of hydrogen-bond acceptors (Lipinski definition) is 4. The Morgan fingerprint density at radius 1 is 1.27 bits per heavy atom. The molecule has 0 aromatic carbocycles. The van der Waals surface area contributed by atoms with Crippen LogP contribution in [0.15, 0.2) is 0 Å². The van der Waals surface area contributed by atoms with E-state index >= 15 is 0 Å². The Morgan fingerprint density at radius 3 is 2.33 bits per heavy atom. The SMILES string of the molecule is COC(=O)CN(C)C(=O)CCCC(=O)O. The fraction of sp³-hybridized carbons (Fsp3) is 0.667. The number of carbonyl (C=O) groups is 3. The number of aliphatic carboxylic acids is 1. The Bertz CT molecular complexity index is 251. The van der Waals surface area contributed by atoms with Gasteiger partial charge in [-0.25, -0.2) is 0 Å². The zero-order valence-electron chi connectivity index (χ0n) is 8.86. The van der Waals surface area contributed by atoms with Crippen LogP contribution in [-0.2, 0) is 19.1 Å². The van der Waals surface area contributed by atoms with E-state index in [9.17, 15) is 14.4 Å². The third-order valence-electron chi connectivity index (χ3n) is 1.80. The third-order valence-corrected chi connectivity index (χ3v) is 1.80. The van der Waals surface area contributed by atoms with Crippen LogP contribution in [0.3, 0.4) is 0 Å². The lowest BCUT2D eigenvalue weighted by Gasteiger charge is -2.14. The molecule has 0 aliphatic heterocycles. The highest BCUT2D eigenvalue weighted by Gasteiger charge is 2.12. The molecule has 0 aliphatic carbocycles. The van der Waals surface area contributed by atoms with Gasteiger partial charge in [0.25, 0.3) is 0 Å². The van der Waals surface area contributed by atoms with Crippen LogP contribution in [0.4, 0.5) is 0 Å². The molecule has 0 saturated carbocycles. The molecule has 0 spiro atoms. The second-order valence-corrected chi connectivity index (χ2v) is 3.07. The number of ether oxygens (including phenoxy) is 1. The number of likely N-dealkylation sites (N-methyl/N-ethyl adjacent to an activating group) is 1. The molecule has 0 rings (SSSR count). The minimum absolute atomic E-state index is 0.0438. The molecule has 0 saturated heterocycles. The fourth-order valence-corrected chi connectivity index (χ4v) is 0.928. The molecule has 0 bridgehead atoms. The summed E-state index contributed by atoms with van der Waals surface area (Å²) in [7, 11) is 2.71. The second kappa shape index (κ2) is 6.80. The maximum Gasteiger partial charge on any atom is 0.325 e. The molecule has 0 aliphatic rings. The van der Waals surface area contributed by atoms with Crippen molar-refractivity contribution in [2.45, 2.75) is 19.3 Å². The van der Waals surface area contributed by atoms with E-state index in [2.05, 4.69) is 4.74 Å². The fourth-order valence-electron chi connectivity index (χ4n) is 0.928. The van der Waals surface area contributed by atoms with Crippen molar-refractivity contribution in [2.75, 3.05) is 20.7 Å². The van der Waals surface area contributed by atoms with Crippen LogP contribution in [0.1, 0.15) is 19.3 Å². The van der Waals surface area contributed by atoms with Gasteiger partial charge in [0.1, 0.15) is 6.54 Å². The number of amides is 1. The van der Waals surface area contributed by atoms with Gasteiger partial charge in [0.2, 0.25) is 5.91 Å². The van der Waals surface area contributed by atoms with Crippen molar-refractivity contribution in [1.82, 2.24) is 4.90 Å². The molecular formula is C9H15NO5. The summed E-state index contributed by atoms with van der Waals surface area (Å²) in [6.45, 7) is -0.109. The molecule has 15 heavy (non-hydrogen) atoms. The number of carboxylic acids is 1. The minimum atomic E-state index is -0.932. The van der Waals surface area contributed by atoms with Gasteiger partial charge in [0.05, 0.1) is 7.11 Å². The lowest BCUT2D eigenvalue weighted by Crippen LogP contribution is -2.32. The molecule has 1 amide bonds. The van der Waals surface area contributed by atoms with Crippen LogP contribution in [-0.4, -0.2) is 48.6 Å². The largest absolute Gasteiger partial charge is 0.481 e. The van der Waals surface area contributed by atoms with E-state index in [4.69, 9.17) is 5.11 Å². The van der Waals surface area contributed by atoms with E-state index in [1.165, 1.54) is 19.1 Å². The standard InChI is InChI=1S/C9H15NO5/c1-10(6-9(14)15-2)7(11)4-3-5-8(12)13/h3-6H2,1-2H3,(H,12,13). The first kappa shape index (κ1) is 13.4. The minimum Gasteiger partial charge on any atom is -0.481 e. The van der Waals surface area contributed by atoms with E-state index < -0.39 is 11.9 Å². The molecule has 86 valence electrons. The molecular weight excluding hydrogens is 202 g/mol. The van der Waals surface area contributed by atoms with Crippen molar-refractivity contribution >= 4 is 17.8 Å². The van der Waals surface area contributed by atoms with E-state index in [1.807, 2.05) is 0 Å². The first-order chi connectivity index (χ1) is 6.97. The second-order valence-electron chi connectivity index (χ2n) is 3.07. The van der Waals surface area contributed by atoms with E-state index in [0.29, 0.717) is 0 Å². The van der Waals surface area contributed by atoms with Crippen molar-refractivity contribution < 1.29 is 24.2 Å². The normalized spacial score (nSPS) is 9.47. The number of rotatable bonds is 6. The van der Waals surface area contributed by atoms with Crippen LogP contribution >= 0.6 is 0 Å². The lowest BCUT2D eigenvalue weighted by molar-refractivity contribution is -0.146. The molecule has 0 radical (unpaired) electrons. The lowest BCUT2D eigenvalue weighted by atomic mass is 10.2. The Morgan fingerprint density at radius 2 is 1.87 bits per heavy atom. The van der Waals surface area contributed by atoms with Crippen molar-refractivity contribution in [3.63, 3.8) is 0 Å². The topological polar surface area (TPSA) is 83.9 Å². The van der Waals surface area contributed by atoms with Gasteiger partial charge in [-0.3, -0.25) is 14.4 Å². The van der Waals surface area contributed by atoms with Gasteiger partial charge >= 0.3 is 11.9 Å². The summed E-state index contributed by atoms with van der Waals surface area (Å²) in [4.78, 5) is 33.5. The molecule has 6 nitrogen and oxygen atoms in total. The average Bonchev–Trinajstić information content (AvgIpc) is 2.16. The van der Waals surface area contributed by atoms with Crippen LogP contribution in [0.5, 0.6) is 0 Å². The Labute approximate surface area is 87.8 Å². The molecule has 0 atom stereocenters. The predicted octanol–water partition coefficient (Wildman–Crippen LogP) is -0.127. The van der Waals surface area contributed by atoms with Crippen molar-refractivity contribution in [1.29, 1.82) is 0 Å². The summed E-state index contributed by atoms with van der Waals surface area (Å²) < 4.78 is 4.39. The molecule has 0 unspecified atom stereocenters. The van der Waals surface area contributed by atoms with Gasteiger partial charge in [0, 0.05) is 19.9 Å². The summed E-state index contributed by atoms with van der Waals surface area (Å²) in [5.41, 5.74) is 0. The number of carbonyl (C=O) groups excluding carboxylic acids is 2. The Balaban J connectivity index is 3.79. The predicted molar refractivity (Wildman–Crippen MR) is 51.1 cm³/mol. The van der Waals surface area contributed by atoms with E-state index in [0.717, 1.165) is 0 Å². The zero-order chi connectivity index (χ0) is 11.8. The number of esters is 1. The summed E-state index contributed by atoms with van der Waals surface area (Å²) >= 11 is 0. The molecule has 0 aromatic rings. The van der Waals surface area contributed by atoms with E-state index in [1.54, 1.807) is 0 Å². The average molecular weight is 217 g/mol. The maximum atomic E-state index is 11.3. The highest BCUT2D eigenvalue weighted by Crippen LogP contribution is 1.99. The number of methoxy groups -OCH3 is 1. The molecule has 0 heterocycles. The van der Waals surface area contributed by atoms with Crippen molar-refractivity contribution in [3.8, 4) is 0 Å². The first-order valence-corrected chi connectivity index (χ1v) is 4.50. The van der Waals surface area contributed by atoms with Gasteiger partial charge in [-0.2, -0.15) is 0 Å². The molecule has 1 N–H and O–H groups in total. The van der Waals surface area contributed by atoms with Crippen molar-refractivity contribution in [2.24, 2.45) is 0 Å². The summed E-state index contributed by atoms with van der Waals surface area (Å²) in [5, 5.41) is 8.35.